The van der Waals surface area contributed by atoms with Crippen molar-refractivity contribution < 1.29 is 9.90 Å². The van der Waals surface area contributed by atoms with Gasteiger partial charge in [-0.05, 0) is 51.0 Å². The highest BCUT2D eigenvalue weighted by molar-refractivity contribution is 5.92. The van der Waals surface area contributed by atoms with E-state index in [2.05, 4.69) is 25.7 Å². The van der Waals surface area contributed by atoms with Crippen LogP contribution in [0, 0.1) is 6.92 Å². The van der Waals surface area contributed by atoms with Crippen LogP contribution in [0.2, 0.25) is 0 Å². The third kappa shape index (κ3) is 4.85. The molecule has 1 aromatic carbocycles. The SMILES string of the molecule is CCc1nc(NC(=O)NC(c2ccccc2)C(C)(C)O)cc2cnn(-c3ccnc(C)c3)c12. The molecule has 3 N–H and O–H groups in total. The van der Waals surface area contributed by atoms with Crippen molar-refractivity contribution >= 4 is 22.8 Å². The first-order chi connectivity index (χ1) is 15.8. The van der Waals surface area contributed by atoms with Gasteiger partial charge < -0.3 is 10.4 Å². The average Bonchev–Trinajstić information content (AvgIpc) is 3.21. The second kappa shape index (κ2) is 8.99. The number of hydrogen-bond donors (Lipinski definition) is 3. The number of nitrogens with one attached hydrogen (secondary N) is 2. The molecule has 8 heteroatoms. The highest BCUT2D eigenvalue weighted by Crippen LogP contribution is 2.27. The van der Waals surface area contributed by atoms with Crippen molar-refractivity contribution in [3.63, 3.8) is 0 Å². The fraction of sp³-hybridized carbons (Fsp3) is 0.280. The Balaban J connectivity index is 1.62. The summed E-state index contributed by atoms with van der Waals surface area (Å²) < 4.78 is 1.85. The Morgan fingerprint density at radius 3 is 2.61 bits per heavy atom. The molecule has 0 saturated heterocycles. The predicted octanol–water partition coefficient (Wildman–Crippen LogP) is 4.32. The molecule has 0 aliphatic rings. The molecule has 33 heavy (non-hydrogen) atoms. The van der Waals surface area contributed by atoms with E-state index in [1.165, 1.54) is 0 Å². The van der Waals surface area contributed by atoms with Gasteiger partial charge in [0.25, 0.3) is 0 Å². The fourth-order valence-corrected chi connectivity index (χ4v) is 3.90. The lowest BCUT2D eigenvalue weighted by Gasteiger charge is -2.30. The van der Waals surface area contributed by atoms with Gasteiger partial charge >= 0.3 is 6.03 Å². The Morgan fingerprint density at radius 2 is 1.94 bits per heavy atom. The zero-order valence-corrected chi connectivity index (χ0v) is 19.2. The Kier molecular flexibility index (Phi) is 6.11. The second-order valence-corrected chi connectivity index (χ2v) is 8.55. The molecule has 0 bridgehead atoms. The van der Waals surface area contributed by atoms with Gasteiger partial charge in [0.2, 0.25) is 0 Å². The topological polar surface area (TPSA) is 105 Å². The van der Waals surface area contributed by atoms with Crippen LogP contribution in [0.25, 0.3) is 16.6 Å². The number of benzene rings is 1. The van der Waals surface area contributed by atoms with Crippen molar-refractivity contribution in [3.8, 4) is 5.69 Å². The third-order valence-corrected chi connectivity index (χ3v) is 5.43. The number of aromatic nitrogens is 4. The predicted molar refractivity (Wildman–Crippen MR) is 128 cm³/mol. The van der Waals surface area contributed by atoms with Gasteiger partial charge in [-0.2, -0.15) is 5.10 Å². The summed E-state index contributed by atoms with van der Waals surface area (Å²) in [6.45, 7) is 7.28. The van der Waals surface area contributed by atoms with E-state index in [1.54, 1.807) is 32.3 Å². The summed E-state index contributed by atoms with van der Waals surface area (Å²) in [5.41, 5.74) is 3.17. The second-order valence-electron chi connectivity index (χ2n) is 8.55. The van der Waals surface area contributed by atoms with E-state index in [0.29, 0.717) is 12.2 Å². The minimum Gasteiger partial charge on any atom is -0.388 e. The van der Waals surface area contributed by atoms with E-state index in [0.717, 1.165) is 33.5 Å². The molecule has 0 aliphatic carbocycles. The number of aliphatic hydroxyl groups is 1. The van der Waals surface area contributed by atoms with Crippen LogP contribution < -0.4 is 10.6 Å². The van der Waals surface area contributed by atoms with Crippen molar-refractivity contribution in [1.29, 1.82) is 0 Å². The zero-order chi connectivity index (χ0) is 23.6. The lowest BCUT2D eigenvalue weighted by atomic mass is 9.92. The molecule has 1 atom stereocenters. The van der Waals surface area contributed by atoms with E-state index in [1.807, 2.05) is 61.0 Å². The van der Waals surface area contributed by atoms with Gasteiger partial charge in [0.15, 0.2) is 0 Å². The molecule has 3 aromatic heterocycles. The van der Waals surface area contributed by atoms with Gasteiger partial charge in [-0.3, -0.25) is 10.3 Å². The van der Waals surface area contributed by atoms with E-state index in [4.69, 9.17) is 0 Å². The first-order valence-electron chi connectivity index (χ1n) is 10.9. The molecule has 0 spiro atoms. The Bertz CT molecular complexity index is 1280. The molecule has 8 nitrogen and oxygen atoms in total. The summed E-state index contributed by atoms with van der Waals surface area (Å²) >= 11 is 0. The van der Waals surface area contributed by atoms with E-state index in [-0.39, 0.29) is 0 Å². The van der Waals surface area contributed by atoms with E-state index < -0.39 is 17.7 Å². The smallest absolute Gasteiger partial charge is 0.320 e. The standard InChI is InChI=1S/C25H28N6O2/c1-5-20-22-18(15-27-31(22)19-11-12-26-16(2)13-19)14-21(28-20)29-24(32)30-23(25(3,4)33)17-9-7-6-8-10-17/h6-15,23,33H,5H2,1-4H3,(H2,28,29,30,32). The van der Waals surface area contributed by atoms with Gasteiger partial charge in [0, 0.05) is 17.3 Å². The molecule has 0 aliphatic heterocycles. The highest BCUT2D eigenvalue weighted by Gasteiger charge is 2.30. The Labute approximate surface area is 192 Å². The fourth-order valence-electron chi connectivity index (χ4n) is 3.90. The quantitative estimate of drug-likeness (QED) is 0.411. The number of urea groups is 1. The van der Waals surface area contributed by atoms with Crippen molar-refractivity contribution in [1.82, 2.24) is 25.1 Å². The maximum absolute atomic E-state index is 12.8. The summed E-state index contributed by atoms with van der Waals surface area (Å²) in [6, 6.07) is 14.0. The zero-order valence-electron chi connectivity index (χ0n) is 19.2. The molecule has 3 heterocycles. The highest BCUT2D eigenvalue weighted by atomic mass is 16.3. The number of rotatable bonds is 6. The molecule has 1 unspecified atom stereocenters. The van der Waals surface area contributed by atoms with Crippen LogP contribution in [0.1, 0.15) is 43.8 Å². The van der Waals surface area contributed by atoms with Gasteiger partial charge in [-0.25, -0.2) is 14.5 Å². The number of carbonyl (C=O) groups is 1. The summed E-state index contributed by atoms with van der Waals surface area (Å²) in [5, 5.41) is 21.7. The van der Waals surface area contributed by atoms with Gasteiger partial charge in [-0.15, -0.1) is 0 Å². The number of aryl methyl sites for hydroxylation is 2. The first kappa shape index (κ1) is 22.4. The number of amides is 2. The molecule has 0 fully saturated rings. The molecular formula is C25H28N6O2. The maximum Gasteiger partial charge on any atom is 0.320 e. The van der Waals surface area contributed by atoms with Crippen LogP contribution in [0.5, 0.6) is 0 Å². The summed E-state index contributed by atoms with van der Waals surface area (Å²) in [4.78, 5) is 21.8. The van der Waals surface area contributed by atoms with Crippen molar-refractivity contribution in [2.75, 3.05) is 5.32 Å². The van der Waals surface area contributed by atoms with Crippen LogP contribution in [-0.4, -0.2) is 36.5 Å². The number of carbonyl (C=O) groups excluding carboxylic acids is 1. The van der Waals surface area contributed by atoms with Crippen LogP contribution >= 0.6 is 0 Å². The van der Waals surface area contributed by atoms with Crippen LogP contribution in [0.3, 0.4) is 0 Å². The molecule has 4 aromatic rings. The van der Waals surface area contributed by atoms with Crippen molar-refractivity contribution in [3.05, 3.63) is 77.9 Å². The molecule has 170 valence electrons. The lowest BCUT2D eigenvalue weighted by molar-refractivity contribution is 0.0415. The molecule has 4 rings (SSSR count). The third-order valence-electron chi connectivity index (χ3n) is 5.43. The monoisotopic (exact) mass is 444 g/mol. The summed E-state index contributed by atoms with van der Waals surface area (Å²) in [6.07, 6.45) is 4.18. The molecule has 0 radical (unpaired) electrons. The van der Waals surface area contributed by atoms with Gasteiger partial charge in [0.05, 0.1) is 34.7 Å². The molecule has 0 saturated carbocycles. The van der Waals surface area contributed by atoms with Gasteiger partial charge in [-0.1, -0.05) is 37.3 Å². The normalized spacial score (nSPS) is 12.5. The van der Waals surface area contributed by atoms with Crippen LogP contribution in [-0.2, 0) is 6.42 Å². The molecule has 2 amide bonds. The number of hydrogen-bond acceptors (Lipinski definition) is 5. The summed E-state index contributed by atoms with van der Waals surface area (Å²) in [7, 11) is 0. The van der Waals surface area contributed by atoms with Crippen LogP contribution in [0.4, 0.5) is 10.6 Å². The van der Waals surface area contributed by atoms with Crippen molar-refractivity contribution in [2.24, 2.45) is 0 Å². The Morgan fingerprint density at radius 1 is 1.18 bits per heavy atom. The number of nitrogens with zero attached hydrogens (tertiary/aromatic N) is 4. The minimum atomic E-state index is -1.16. The summed E-state index contributed by atoms with van der Waals surface area (Å²) in [5.74, 6) is 0.421. The number of anilines is 1. The van der Waals surface area contributed by atoms with Crippen molar-refractivity contribution in [2.45, 2.75) is 45.8 Å². The maximum atomic E-state index is 12.8. The van der Waals surface area contributed by atoms with E-state index >= 15 is 0 Å². The first-order valence-corrected chi connectivity index (χ1v) is 10.9. The number of pyridine rings is 2. The van der Waals surface area contributed by atoms with E-state index in [9.17, 15) is 9.90 Å². The molecular weight excluding hydrogens is 416 g/mol. The Hall–Kier alpha value is -3.78. The minimum absolute atomic E-state index is 0.421. The van der Waals surface area contributed by atoms with Crippen LogP contribution in [0.15, 0.2) is 60.9 Å². The lowest BCUT2D eigenvalue weighted by Crippen LogP contribution is -2.44. The average molecular weight is 445 g/mol. The largest absolute Gasteiger partial charge is 0.388 e. The number of fused-ring (bicyclic) bond motifs is 1. The van der Waals surface area contributed by atoms with Gasteiger partial charge in [0.1, 0.15) is 5.82 Å².